The van der Waals surface area contributed by atoms with Crippen molar-refractivity contribution in [3.63, 3.8) is 0 Å². The highest BCUT2D eigenvalue weighted by Gasteiger charge is 2.55. The van der Waals surface area contributed by atoms with Gasteiger partial charge in [0.1, 0.15) is 11.9 Å². The monoisotopic (exact) mass is 517 g/mol. The van der Waals surface area contributed by atoms with Gasteiger partial charge in [-0.2, -0.15) is 5.10 Å². The lowest BCUT2D eigenvalue weighted by Gasteiger charge is -2.45. The van der Waals surface area contributed by atoms with Crippen LogP contribution in [0.4, 0.5) is 16.4 Å². The second-order valence-electron chi connectivity index (χ2n) is 10.0. The minimum Gasteiger partial charge on any atom is -0.384 e. The van der Waals surface area contributed by atoms with Gasteiger partial charge in [-0.25, -0.2) is 9.78 Å². The molecule has 3 N–H and O–H groups in total. The van der Waals surface area contributed by atoms with Crippen molar-refractivity contribution in [2.45, 2.75) is 52.6 Å². The third-order valence-corrected chi connectivity index (χ3v) is 7.19. The first-order valence-corrected chi connectivity index (χ1v) is 12.7. The molecule has 0 spiro atoms. The van der Waals surface area contributed by atoms with Crippen LogP contribution < -0.4 is 16.0 Å². The fourth-order valence-corrected chi connectivity index (χ4v) is 4.91. The molecule has 38 heavy (non-hydrogen) atoms. The van der Waals surface area contributed by atoms with E-state index in [1.54, 1.807) is 37.1 Å². The molecule has 0 saturated carbocycles. The molecule has 1 aromatic carbocycles. The van der Waals surface area contributed by atoms with Gasteiger partial charge in [-0.1, -0.05) is 25.1 Å². The van der Waals surface area contributed by atoms with E-state index in [1.807, 2.05) is 52.0 Å². The Bertz CT molecular complexity index is 1360. The van der Waals surface area contributed by atoms with Crippen molar-refractivity contribution in [3.8, 4) is 0 Å². The first-order chi connectivity index (χ1) is 18.0. The normalized spacial score (nSPS) is 17.6. The predicted molar refractivity (Wildman–Crippen MR) is 145 cm³/mol. The average molecular weight is 518 g/mol. The summed E-state index contributed by atoms with van der Waals surface area (Å²) in [7, 11) is 3.35. The number of amides is 4. The topological polar surface area (TPSA) is 126 Å². The fourth-order valence-electron chi connectivity index (χ4n) is 4.91. The number of aryl methyl sites for hydroxylation is 4. The number of nitrogen functional groups attached to an aromatic ring is 1. The molecule has 1 aliphatic rings. The van der Waals surface area contributed by atoms with Crippen molar-refractivity contribution in [1.82, 2.24) is 25.0 Å². The lowest BCUT2D eigenvalue weighted by molar-refractivity contribution is -0.156. The van der Waals surface area contributed by atoms with Crippen LogP contribution in [0.5, 0.6) is 0 Å². The van der Waals surface area contributed by atoms with Crippen LogP contribution in [0.3, 0.4) is 0 Å². The average Bonchev–Trinajstić information content (AvgIpc) is 3.30. The van der Waals surface area contributed by atoms with Crippen molar-refractivity contribution in [3.05, 3.63) is 70.5 Å². The third kappa shape index (κ3) is 5.25. The van der Waals surface area contributed by atoms with Gasteiger partial charge >= 0.3 is 6.03 Å². The predicted octanol–water partition coefficient (Wildman–Crippen LogP) is 3.22. The zero-order chi connectivity index (χ0) is 27.7. The molecular formula is C28H35N7O3. The van der Waals surface area contributed by atoms with Crippen LogP contribution in [0.25, 0.3) is 0 Å². The van der Waals surface area contributed by atoms with E-state index >= 15 is 0 Å². The molecule has 0 aliphatic carbocycles. The Morgan fingerprint density at radius 2 is 1.87 bits per heavy atom. The maximum Gasteiger partial charge on any atom is 0.325 e. The van der Waals surface area contributed by atoms with Crippen molar-refractivity contribution in [2.75, 3.05) is 17.7 Å². The molecule has 10 heteroatoms. The Balaban J connectivity index is 1.61. The van der Waals surface area contributed by atoms with Gasteiger partial charge in [0.2, 0.25) is 5.91 Å². The van der Waals surface area contributed by atoms with Crippen LogP contribution in [-0.2, 0) is 23.1 Å². The Morgan fingerprint density at radius 3 is 2.47 bits per heavy atom. The molecule has 10 nitrogen and oxygen atoms in total. The van der Waals surface area contributed by atoms with Crippen LogP contribution >= 0.6 is 0 Å². The van der Waals surface area contributed by atoms with E-state index in [4.69, 9.17) is 5.73 Å². The van der Waals surface area contributed by atoms with E-state index in [9.17, 15) is 14.4 Å². The SMILES string of the molecule is CCC(NC(=O)N1C(=O)[C@H](Cc2cc(C)nc(N)c2)[C@H]1C(=O)N(C)c1ccn(C)n1)c1ccc(C)c(C)c1. The number of carbonyl (C=O) groups is 3. The second-order valence-corrected chi connectivity index (χ2v) is 10.0. The molecule has 1 fully saturated rings. The molecule has 3 atom stereocenters. The zero-order valence-electron chi connectivity index (χ0n) is 22.7. The number of nitrogens with zero attached hydrogens (tertiary/aromatic N) is 5. The van der Waals surface area contributed by atoms with Gasteiger partial charge in [-0.15, -0.1) is 0 Å². The van der Waals surface area contributed by atoms with E-state index in [0.29, 0.717) is 23.8 Å². The molecule has 0 bridgehead atoms. The number of imide groups is 1. The lowest BCUT2D eigenvalue weighted by atomic mass is 9.81. The van der Waals surface area contributed by atoms with Crippen molar-refractivity contribution in [2.24, 2.45) is 13.0 Å². The van der Waals surface area contributed by atoms with E-state index in [2.05, 4.69) is 15.4 Å². The standard InChI is InChI=1S/C28H35N7O3/c1-7-22(20-9-8-16(2)17(3)12-20)31-28(38)35-25(27(37)34(6)24-10-11-33(5)32-24)21(26(35)36)14-19-13-18(4)30-23(29)15-19/h8-13,15,21-22,25H,7,14H2,1-6H3,(H2,29,30)(H,31,38)/t21-,22?,25+/m1/s1. The largest absolute Gasteiger partial charge is 0.384 e. The molecular weight excluding hydrogens is 482 g/mol. The molecule has 4 rings (SSSR count). The maximum absolute atomic E-state index is 13.7. The molecule has 200 valence electrons. The minimum atomic E-state index is -0.985. The number of rotatable bonds is 7. The summed E-state index contributed by atoms with van der Waals surface area (Å²) < 4.78 is 1.59. The van der Waals surface area contributed by atoms with E-state index in [-0.39, 0.29) is 18.4 Å². The number of anilines is 2. The molecule has 3 heterocycles. The van der Waals surface area contributed by atoms with Crippen LogP contribution in [0, 0.1) is 26.7 Å². The highest BCUT2D eigenvalue weighted by atomic mass is 16.2. The van der Waals surface area contributed by atoms with Gasteiger partial charge in [-0.05, 0) is 68.0 Å². The molecule has 2 aromatic heterocycles. The summed E-state index contributed by atoms with van der Waals surface area (Å²) in [4.78, 5) is 47.2. The van der Waals surface area contributed by atoms with Gasteiger partial charge in [0, 0.05) is 32.1 Å². The number of carbonyl (C=O) groups excluding carboxylic acids is 3. The molecule has 4 amide bonds. The number of pyridine rings is 1. The number of aromatic nitrogens is 3. The summed E-state index contributed by atoms with van der Waals surface area (Å²) in [6.07, 6.45) is 2.61. The van der Waals surface area contributed by atoms with Gasteiger partial charge < -0.3 is 11.1 Å². The van der Waals surface area contributed by atoms with Crippen molar-refractivity contribution in [1.29, 1.82) is 0 Å². The van der Waals surface area contributed by atoms with Crippen LogP contribution in [0.15, 0.2) is 42.6 Å². The first kappa shape index (κ1) is 26.8. The number of hydrogen-bond acceptors (Lipinski definition) is 6. The summed E-state index contributed by atoms with van der Waals surface area (Å²) >= 11 is 0. The van der Waals surface area contributed by atoms with Gasteiger partial charge in [-0.3, -0.25) is 24.1 Å². The highest BCUT2D eigenvalue weighted by molar-refractivity contribution is 6.12. The first-order valence-electron chi connectivity index (χ1n) is 12.7. The summed E-state index contributed by atoms with van der Waals surface area (Å²) in [6.45, 7) is 7.84. The molecule has 1 unspecified atom stereocenters. The van der Waals surface area contributed by atoms with Crippen LogP contribution in [0.1, 0.15) is 47.3 Å². The maximum atomic E-state index is 13.7. The number of hydrogen-bond donors (Lipinski definition) is 2. The van der Waals surface area contributed by atoms with Crippen LogP contribution in [-0.4, -0.2) is 50.6 Å². The lowest BCUT2D eigenvalue weighted by Crippen LogP contribution is -2.70. The number of likely N-dealkylation sites (tertiary alicyclic amines) is 1. The Hall–Kier alpha value is -4.21. The second kappa shape index (κ2) is 10.6. The zero-order valence-corrected chi connectivity index (χ0v) is 22.7. The molecule has 1 aliphatic heterocycles. The van der Waals surface area contributed by atoms with Gasteiger partial charge in [0.25, 0.3) is 5.91 Å². The van der Waals surface area contributed by atoms with E-state index < -0.39 is 23.9 Å². The fraction of sp³-hybridized carbons (Fsp3) is 0.393. The Morgan fingerprint density at radius 1 is 1.13 bits per heavy atom. The molecule has 3 aromatic rings. The van der Waals surface area contributed by atoms with E-state index in [1.165, 1.54) is 4.90 Å². The third-order valence-electron chi connectivity index (χ3n) is 7.19. The van der Waals surface area contributed by atoms with Crippen molar-refractivity contribution >= 4 is 29.5 Å². The summed E-state index contributed by atoms with van der Waals surface area (Å²) in [5.41, 5.74) is 10.6. The quantitative estimate of drug-likeness (QED) is 0.464. The number of urea groups is 1. The number of benzene rings is 1. The van der Waals surface area contributed by atoms with E-state index in [0.717, 1.165) is 27.2 Å². The number of β-lactam (4-membered cyclic amide) rings is 1. The minimum absolute atomic E-state index is 0.261. The summed E-state index contributed by atoms with van der Waals surface area (Å²) in [5.74, 6) is -0.738. The number of nitrogens with two attached hydrogens (primary N) is 1. The van der Waals surface area contributed by atoms with Crippen LogP contribution in [0.2, 0.25) is 0 Å². The smallest absolute Gasteiger partial charge is 0.325 e. The number of likely N-dealkylation sites (N-methyl/N-ethyl adjacent to an activating group) is 1. The Kier molecular flexibility index (Phi) is 7.52. The highest BCUT2D eigenvalue weighted by Crippen LogP contribution is 2.33. The Labute approximate surface area is 222 Å². The molecule has 1 saturated heterocycles. The summed E-state index contributed by atoms with van der Waals surface area (Å²) in [5, 5.41) is 7.28. The van der Waals surface area contributed by atoms with Gasteiger partial charge in [0.05, 0.1) is 12.0 Å². The number of nitrogens with one attached hydrogen (secondary N) is 1. The van der Waals surface area contributed by atoms with Crippen molar-refractivity contribution < 1.29 is 14.4 Å². The van der Waals surface area contributed by atoms with Gasteiger partial charge in [0.15, 0.2) is 5.82 Å². The summed E-state index contributed by atoms with van der Waals surface area (Å²) in [6, 6.07) is 9.39. The molecule has 0 radical (unpaired) electrons.